The lowest BCUT2D eigenvalue weighted by Gasteiger charge is -2.18. The van der Waals surface area contributed by atoms with E-state index in [0.29, 0.717) is 35.5 Å². The molecule has 5 nitrogen and oxygen atoms in total. The van der Waals surface area contributed by atoms with E-state index in [9.17, 15) is 17.8 Å². The largest absolute Gasteiger partial charge is 0.337 e. The Bertz CT molecular complexity index is 1310. The average Bonchev–Trinajstić information content (AvgIpc) is 3.59. The molecule has 0 spiro atoms. The molecule has 0 radical (unpaired) electrons. The van der Waals surface area contributed by atoms with Gasteiger partial charge in [0.2, 0.25) is 0 Å². The number of rotatable bonds is 7. The van der Waals surface area contributed by atoms with Crippen molar-refractivity contribution in [3.05, 3.63) is 86.7 Å². The molecular formula is C25H27F2N3O2S. The predicted molar refractivity (Wildman–Crippen MR) is 130 cm³/mol. The monoisotopic (exact) mass is 471 g/mol. The maximum atomic E-state index is 14.6. The molecule has 1 heterocycles. The zero-order valence-corrected chi connectivity index (χ0v) is 19.9. The van der Waals surface area contributed by atoms with Crippen molar-refractivity contribution in [3.8, 4) is 0 Å². The second-order valence-corrected chi connectivity index (χ2v) is 9.94. The number of aryl methyl sites for hydroxylation is 3. The molecule has 0 saturated heterocycles. The summed E-state index contributed by atoms with van der Waals surface area (Å²) in [6.45, 7) is 5.34. The first-order chi connectivity index (χ1) is 15.7. The van der Waals surface area contributed by atoms with E-state index in [1.807, 2.05) is 13.0 Å². The van der Waals surface area contributed by atoms with Gasteiger partial charge in [-0.3, -0.25) is 9.36 Å². The number of nitrogens with zero attached hydrogens (tertiary/aromatic N) is 1. The van der Waals surface area contributed by atoms with Crippen LogP contribution < -0.4 is 15.6 Å². The Hall–Kier alpha value is -3.00. The molecule has 2 N–H and O–H groups in total. The van der Waals surface area contributed by atoms with E-state index in [0.717, 1.165) is 11.1 Å². The van der Waals surface area contributed by atoms with Gasteiger partial charge in [0, 0.05) is 18.5 Å². The van der Waals surface area contributed by atoms with Gasteiger partial charge >= 0.3 is 0 Å². The average molecular weight is 472 g/mol. The van der Waals surface area contributed by atoms with Crippen LogP contribution in [0.15, 0.2) is 47.3 Å². The Balaban J connectivity index is 1.59. The summed E-state index contributed by atoms with van der Waals surface area (Å²) in [7, 11) is 0.140. The molecule has 1 fully saturated rings. The summed E-state index contributed by atoms with van der Waals surface area (Å²) in [5.41, 5.74) is 3.32. The van der Waals surface area contributed by atoms with Gasteiger partial charge in [-0.25, -0.2) is 13.0 Å². The van der Waals surface area contributed by atoms with Crippen molar-refractivity contribution >= 4 is 28.2 Å². The third-order valence-corrected chi connectivity index (χ3v) is 7.61. The maximum Gasteiger partial charge on any atom is 0.254 e. The number of hydrogen-bond acceptors (Lipinski definition) is 3. The Morgan fingerprint density at radius 3 is 2.45 bits per heavy atom. The van der Waals surface area contributed by atoms with Gasteiger partial charge in [-0.2, -0.15) is 0 Å². The van der Waals surface area contributed by atoms with Crippen LogP contribution >= 0.6 is 0 Å². The Labute approximate surface area is 194 Å². The predicted octanol–water partition coefficient (Wildman–Crippen LogP) is 5.22. The quantitative estimate of drug-likeness (QED) is 0.497. The standard InChI is InChI=1S/C25H27F2N3O2S/c1-5-16-6-9-21(20(27)12-16)28-24-22(11-15(3)25(31)30(24)4)29-33(32)23-13-18(23)17-7-8-19(26)14(2)10-17/h6-12,18,23,28-29H,5,13H2,1-4H3. The number of nitrogens with one attached hydrogen (secondary N) is 2. The van der Waals surface area contributed by atoms with Crippen molar-refractivity contribution < 1.29 is 13.0 Å². The van der Waals surface area contributed by atoms with Gasteiger partial charge in [0.15, 0.2) is 0 Å². The second-order valence-electron chi connectivity index (χ2n) is 8.54. The summed E-state index contributed by atoms with van der Waals surface area (Å²) < 4.78 is 45.7. The van der Waals surface area contributed by atoms with E-state index in [-0.39, 0.29) is 28.2 Å². The van der Waals surface area contributed by atoms with Crippen molar-refractivity contribution in [3.63, 3.8) is 0 Å². The van der Waals surface area contributed by atoms with E-state index >= 15 is 0 Å². The van der Waals surface area contributed by atoms with E-state index in [2.05, 4.69) is 10.0 Å². The van der Waals surface area contributed by atoms with E-state index in [4.69, 9.17) is 0 Å². The minimum Gasteiger partial charge on any atom is -0.337 e. The fourth-order valence-corrected chi connectivity index (χ4v) is 5.33. The first kappa shape index (κ1) is 23.2. The van der Waals surface area contributed by atoms with Crippen LogP contribution in [0.2, 0.25) is 0 Å². The number of pyridine rings is 1. The molecule has 0 aliphatic heterocycles. The normalized spacial score (nSPS) is 18.1. The number of aromatic nitrogens is 1. The molecule has 0 amide bonds. The molecule has 1 aliphatic carbocycles. The third-order valence-electron chi connectivity index (χ3n) is 6.12. The van der Waals surface area contributed by atoms with E-state index in [1.165, 1.54) is 16.7 Å². The van der Waals surface area contributed by atoms with Crippen LogP contribution in [0.5, 0.6) is 0 Å². The minimum atomic E-state index is -1.45. The van der Waals surface area contributed by atoms with Crippen molar-refractivity contribution in [2.45, 2.75) is 44.8 Å². The van der Waals surface area contributed by atoms with Crippen LogP contribution in [0.4, 0.5) is 26.0 Å². The van der Waals surface area contributed by atoms with E-state index < -0.39 is 16.8 Å². The molecular weight excluding hydrogens is 444 g/mol. The highest BCUT2D eigenvalue weighted by molar-refractivity contribution is 7.87. The molecule has 3 aromatic rings. The second kappa shape index (κ2) is 9.09. The molecule has 1 aromatic heterocycles. The first-order valence-electron chi connectivity index (χ1n) is 10.9. The Morgan fingerprint density at radius 1 is 1.03 bits per heavy atom. The van der Waals surface area contributed by atoms with Crippen molar-refractivity contribution in [1.82, 2.24) is 4.57 Å². The van der Waals surface area contributed by atoms with Crippen LogP contribution in [0.3, 0.4) is 0 Å². The van der Waals surface area contributed by atoms with Gasteiger partial charge < -0.3 is 10.0 Å². The fraction of sp³-hybridized carbons (Fsp3) is 0.320. The molecule has 4 rings (SSSR count). The van der Waals surface area contributed by atoms with Crippen molar-refractivity contribution in [1.29, 1.82) is 0 Å². The lowest BCUT2D eigenvalue weighted by molar-refractivity contribution is 0.617. The number of benzene rings is 2. The fourth-order valence-electron chi connectivity index (χ4n) is 3.97. The molecule has 3 atom stereocenters. The summed E-state index contributed by atoms with van der Waals surface area (Å²) in [4.78, 5) is 12.5. The highest BCUT2D eigenvalue weighted by Gasteiger charge is 2.43. The van der Waals surface area contributed by atoms with Gasteiger partial charge in [0.05, 0.1) is 16.6 Å². The van der Waals surface area contributed by atoms with Crippen molar-refractivity contribution in [2.75, 3.05) is 10.0 Å². The summed E-state index contributed by atoms with van der Waals surface area (Å²) in [5.74, 6) is -0.284. The van der Waals surface area contributed by atoms with Crippen molar-refractivity contribution in [2.24, 2.45) is 7.05 Å². The highest BCUT2D eigenvalue weighted by atomic mass is 32.2. The van der Waals surface area contributed by atoms with Crippen LogP contribution in [0.25, 0.3) is 0 Å². The maximum absolute atomic E-state index is 14.6. The SMILES string of the molecule is CCc1ccc(Nc2c(NS(=O)C3CC3c3ccc(F)c(C)c3)cc(C)c(=O)n2C)c(F)c1. The topological polar surface area (TPSA) is 63.1 Å². The minimum absolute atomic E-state index is 0.0710. The first-order valence-corrected chi connectivity index (χ1v) is 12.1. The van der Waals surface area contributed by atoms with E-state index in [1.54, 1.807) is 45.2 Å². The molecule has 174 valence electrons. The molecule has 0 bridgehead atoms. The number of halogens is 2. The summed E-state index contributed by atoms with van der Waals surface area (Å²) in [6, 6.07) is 11.5. The highest BCUT2D eigenvalue weighted by Crippen LogP contribution is 2.45. The molecule has 2 aromatic carbocycles. The Kier molecular flexibility index (Phi) is 6.38. The van der Waals surface area contributed by atoms with Gasteiger partial charge in [-0.15, -0.1) is 0 Å². The molecule has 1 saturated carbocycles. The molecule has 8 heteroatoms. The smallest absolute Gasteiger partial charge is 0.254 e. The van der Waals surface area contributed by atoms with Crippen LogP contribution in [0, 0.1) is 25.5 Å². The van der Waals surface area contributed by atoms with Gasteiger partial charge in [-0.05, 0) is 67.6 Å². The zero-order valence-electron chi connectivity index (χ0n) is 19.0. The lowest BCUT2D eigenvalue weighted by Crippen LogP contribution is -2.24. The molecule has 1 aliphatic rings. The lowest BCUT2D eigenvalue weighted by atomic mass is 10.1. The molecule has 33 heavy (non-hydrogen) atoms. The molecule has 3 unspecified atom stereocenters. The summed E-state index contributed by atoms with van der Waals surface area (Å²) in [5, 5.41) is 2.86. The number of hydrogen-bond donors (Lipinski definition) is 2. The summed E-state index contributed by atoms with van der Waals surface area (Å²) in [6.07, 6.45) is 1.42. The van der Waals surface area contributed by atoms with Crippen LogP contribution in [0.1, 0.15) is 41.5 Å². The zero-order chi connectivity index (χ0) is 23.9. The Morgan fingerprint density at radius 2 is 1.79 bits per heavy atom. The van der Waals surface area contributed by atoms with Crippen LogP contribution in [-0.2, 0) is 24.5 Å². The van der Waals surface area contributed by atoms with Crippen LogP contribution in [-0.4, -0.2) is 14.0 Å². The number of anilines is 3. The van der Waals surface area contributed by atoms with Gasteiger partial charge in [-0.1, -0.05) is 25.1 Å². The third kappa shape index (κ3) is 4.71. The summed E-state index contributed by atoms with van der Waals surface area (Å²) >= 11 is 0. The van der Waals surface area contributed by atoms with Gasteiger partial charge in [0.1, 0.15) is 28.4 Å². The van der Waals surface area contributed by atoms with Gasteiger partial charge in [0.25, 0.3) is 5.56 Å².